The summed E-state index contributed by atoms with van der Waals surface area (Å²) in [5, 5.41) is 10.3. The van der Waals surface area contributed by atoms with Crippen LogP contribution in [0.4, 0.5) is 0 Å². The molecule has 0 rings (SSSR count). The van der Waals surface area contributed by atoms with Gasteiger partial charge >= 0.3 is 5.97 Å². The van der Waals surface area contributed by atoms with Gasteiger partial charge in [-0.25, -0.2) is 0 Å². The SMILES string of the molecule is C=C(COC)C(=O)NCC(=O)O. The van der Waals surface area contributed by atoms with Crippen LogP contribution in [0.25, 0.3) is 0 Å². The zero-order chi connectivity index (χ0) is 9.56. The van der Waals surface area contributed by atoms with E-state index in [0.29, 0.717) is 0 Å². The molecule has 0 aliphatic heterocycles. The van der Waals surface area contributed by atoms with Gasteiger partial charge in [-0.05, 0) is 0 Å². The van der Waals surface area contributed by atoms with Crippen LogP contribution < -0.4 is 5.32 Å². The van der Waals surface area contributed by atoms with E-state index < -0.39 is 18.4 Å². The minimum atomic E-state index is -1.09. The molecule has 0 bridgehead atoms. The fraction of sp³-hybridized carbons (Fsp3) is 0.429. The van der Waals surface area contributed by atoms with Crippen molar-refractivity contribution < 1.29 is 19.4 Å². The Morgan fingerprint density at radius 1 is 1.58 bits per heavy atom. The van der Waals surface area contributed by atoms with E-state index in [1.165, 1.54) is 7.11 Å². The van der Waals surface area contributed by atoms with Gasteiger partial charge in [-0.15, -0.1) is 0 Å². The second-order valence-corrected chi connectivity index (χ2v) is 2.11. The maximum atomic E-state index is 10.9. The van der Waals surface area contributed by atoms with Crippen LogP contribution in [-0.4, -0.2) is 37.2 Å². The summed E-state index contributed by atoms with van der Waals surface area (Å²) in [7, 11) is 1.43. The molecule has 0 saturated heterocycles. The van der Waals surface area contributed by atoms with Crippen molar-refractivity contribution in [2.75, 3.05) is 20.3 Å². The van der Waals surface area contributed by atoms with Gasteiger partial charge in [0.05, 0.1) is 6.61 Å². The van der Waals surface area contributed by atoms with Crippen molar-refractivity contribution >= 4 is 11.9 Å². The number of amides is 1. The molecule has 0 aromatic heterocycles. The zero-order valence-electron chi connectivity index (χ0n) is 6.79. The van der Waals surface area contributed by atoms with Gasteiger partial charge in [-0.3, -0.25) is 9.59 Å². The monoisotopic (exact) mass is 173 g/mol. The number of nitrogens with one attached hydrogen (secondary N) is 1. The van der Waals surface area contributed by atoms with Crippen molar-refractivity contribution in [3.8, 4) is 0 Å². The van der Waals surface area contributed by atoms with E-state index in [1.54, 1.807) is 0 Å². The summed E-state index contributed by atoms with van der Waals surface area (Å²) in [6, 6.07) is 0. The molecule has 0 spiro atoms. The number of methoxy groups -OCH3 is 1. The molecule has 5 nitrogen and oxygen atoms in total. The maximum Gasteiger partial charge on any atom is 0.322 e. The maximum absolute atomic E-state index is 10.9. The Kier molecular flexibility index (Phi) is 4.71. The van der Waals surface area contributed by atoms with Crippen LogP contribution in [0.1, 0.15) is 0 Å². The number of aliphatic carboxylic acids is 1. The largest absolute Gasteiger partial charge is 0.480 e. The molecule has 2 N–H and O–H groups in total. The van der Waals surface area contributed by atoms with Crippen LogP contribution in [0, 0.1) is 0 Å². The Bertz CT molecular complexity index is 200. The van der Waals surface area contributed by atoms with Gasteiger partial charge in [0.25, 0.3) is 0 Å². The summed E-state index contributed by atoms with van der Waals surface area (Å²) < 4.78 is 4.62. The molecule has 0 radical (unpaired) electrons. The Morgan fingerprint density at radius 2 is 2.17 bits per heavy atom. The average molecular weight is 173 g/mol. The zero-order valence-corrected chi connectivity index (χ0v) is 6.79. The summed E-state index contributed by atoms with van der Waals surface area (Å²) in [6.07, 6.45) is 0. The Labute approximate surface area is 70.0 Å². The van der Waals surface area contributed by atoms with Crippen molar-refractivity contribution in [1.82, 2.24) is 5.32 Å². The van der Waals surface area contributed by atoms with Crippen LogP contribution in [-0.2, 0) is 14.3 Å². The van der Waals surface area contributed by atoms with E-state index in [9.17, 15) is 9.59 Å². The highest BCUT2D eigenvalue weighted by molar-refractivity contribution is 5.94. The lowest BCUT2D eigenvalue weighted by atomic mass is 10.3. The third-order valence-electron chi connectivity index (χ3n) is 1.04. The van der Waals surface area contributed by atoms with Crippen molar-refractivity contribution in [3.05, 3.63) is 12.2 Å². The van der Waals surface area contributed by atoms with E-state index in [-0.39, 0.29) is 12.2 Å². The molecule has 0 aliphatic rings. The summed E-state index contributed by atoms with van der Waals surface area (Å²) in [4.78, 5) is 20.9. The van der Waals surface area contributed by atoms with E-state index in [0.717, 1.165) is 0 Å². The molecule has 0 aliphatic carbocycles. The third kappa shape index (κ3) is 4.45. The second kappa shape index (κ2) is 5.31. The molecule has 68 valence electrons. The first kappa shape index (κ1) is 10.6. The van der Waals surface area contributed by atoms with E-state index in [2.05, 4.69) is 16.6 Å². The number of hydrogen-bond acceptors (Lipinski definition) is 3. The number of carbonyl (C=O) groups excluding carboxylic acids is 1. The molecule has 1 amide bonds. The molecule has 0 atom stereocenters. The van der Waals surface area contributed by atoms with Gasteiger partial charge in [0.2, 0.25) is 5.91 Å². The average Bonchev–Trinajstić information content (AvgIpc) is 2.00. The van der Waals surface area contributed by atoms with Gasteiger partial charge in [-0.2, -0.15) is 0 Å². The molecule has 12 heavy (non-hydrogen) atoms. The standard InChI is InChI=1S/C7H11NO4/c1-5(4-12-2)7(11)8-3-6(9)10/h1,3-4H2,2H3,(H,8,11)(H,9,10). The molecule has 0 saturated carbocycles. The van der Waals surface area contributed by atoms with Gasteiger partial charge in [0.15, 0.2) is 0 Å². The third-order valence-corrected chi connectivity index (χ3v) is 1.04. The highest BCUT2D eigenvalue weighted by Crippen LogP contribution is 1.89. The van der Waals surface area contributed by atoms with Crippen LogP contribution in [0.5, 0.6) is 0 Å². The van der Waals surface area contributed by atoms with E-state index in [1.807, 2.05) is 0 Å². The van der Waals surface area contributed by atoms with Gasteiger partial charge in [-0.1, -0.05) is 6.58 Å². The smallest absolute Gasteiger partial charge is 0.322 e. The highest BCUT2D eigenvalue weighted by atomic mass is 16.5. The topological polar surface area (TPSA) is 75.6 Å². The fourth-order valence-corrected chi connectivity index (χ4v) is 0.521. The van der Waals surface area contributed by atoms with Crippen LogP contribution in [0.2, 0.25) is 0 Å². The summed E-state index contributed by atoms with van der Waals surface area (Å²) in [5.74, 6) is -1.59. The van der Waals surface area contributed by atoms with Crippen molar-refractivity contribution in [2.45, 2.75) is 0 Å². The molecular formula is C7H11NO4. The Balaban J connectivity index is 3.72. The predicted molar refractivity (Wildman–Crippen MR) is 41.7 cm³/mol. The molecular weight excluding hydrogens is 162 g/mol. The molecule has 5 heteroatoms. The lowest BCUT2D eigenvalue weighted by Crippen LogP contribution is -2.31. The first-order valence-electron chi connectivity index (χ1n) is 3.24. The van der Waals surface area contributed by atoms with E-state index in [4.69, 9.17) is 5.11 Å². The number of carbonyl (C=O) groups is 2. The highest BCUT2D eigenvalue weighted by Gasteiger charge is 2.06. The number of hydrogen-bond donors (Lipinski definition) is 2. The number of ether oxygens (including phenoxy) is 1. The molecule has 0 fully saturated rings. The molecule has 0 aromatic carbocycles. The minimum Gasteiger partial charge on any atom is -0.480 e. The van der Waals surface area contributed by atoms with Crippen molar-refractivity contribution in [2.24, 2.45) is 0 Å². The summed E-state index contributed by atoms with van der Waals surface area (Å²) in [5.41, 5.74) is 0.207. The van der Waals surface area contributed by atoms with Crippen LogP contribution in [0.15, 0.2) is 12.2 Å². The minimum absolute atomic E-state index is 0.103. The predicted octanol–water partition coefficient (Wildman–Crippen LogP) is -0.610. The van der Waals surface area contributed by atoms with Crippen LogP contribution >= 0.6 is 0 Å². The van der Waals surface area contributed by atoms with Crippen LogP contribution in [0.3, 0.4) is 0 Å². The van der Waals surface area contributed by atoms with Crippen molar-refractivity contribution in [3.63, 3.8) is 0 Å². The lowest BCUT2D eigenvalue weighted by Gasteiger charge is -2.03. The van der Waals surface area contributed by atoms with Crippen molar-refractivity contribution in [1.29, 1.82) is 0 Å². The first-order valence-corrected chi connectivity index (χ1v) is 3.24. The lowest BCUT2D eigenvalue weighted by molar-refractivity contribution is -0.137. The number of carboxylic acid groups (broad SMARTS) is 1. The summed E-state index contributed by atoms with van der Waals surface area (Å²) in [6.45, 7) is 3.09. The van der Waals surface area contributed by atoms with Gasteiger partial charge in [0.1, 0.15) is 6.54 Å². The fourth-order valence-electron chi connectivity index (χ4n) is 0.521. The Hall–Kier alpha value is -1.36. The van der Waals surface area contributed by atoms with Gasteiger partial charge < -0.3 is 15.2 Å². The first-order chi connectivity index (χ1) is 5.57. The summed E-state index contributed by atoms with van der Waals surface area (Å²) >= 11 is 0. The Morgan fingerprint density at radius 3 is 2.58 bits per heavy atom. The van der Waals surface area contributed by atoms with E-state index >= 15 is 0 Å². The number of rotatable bonds is 5. The van der Waals surface area contributed by atoms with Gasteiger partial charge in [0, 0.05) is 12.7 Å². The normalized spacial score (nSPS) is 9.08. The molecule has 0 aromatic rings. The molecule has 0 heterocycles. The quantitative estimate of drug-likeness (QED) is 0.544. The number of carboxylic acids is 1. The molecule has 0 unspecified atom stereocenters. The second-order valence-electron chi connectivity index (χ2n) is 2.11.